The van der Waals surface area contributed by atoms with Crippen molar-refractivity contribution in [2.75, 3.05) is 38.6 Å². The van der Waals surface area contributed by atoms with E-state index in [0.29, 0.717) is 55.0 Å². The number of benzene rings is 1. The Morgan fingerprint density at radius 3 is 3.00 bits per heavy atom. The van der Waals surface area contributed by atoms with Crippen LogP contribution in [0.5, 0.6) is 0 Å². The molecule has 1 aliphatic rings. The summed E-state index contributed by atoms with van der Waals surface area (Å²) in [7, 11) is 0. The van der Waals surface area contributed by atoms with Crippen molar-refractivity contribution in [3.8, 4) is 0 Å². The largest absolute Gasteiger partial charge is 0.466 e. The van der Waals surface area contributed by atoms with Crippen LogP contribution >= 0.6 is 23.1 Å². The van der Waals surface area contributed by atoms with Gasteiger partial charge in [-0.25, -0.2) is 13.8 Å². The molecule has 1 aromatic heterocycles. The zero-order valence-corrected chi connectivity index (χ0v) is 19.3. The summed E-state index contributed by atoms with van der Waals surface area (Å²) in [5.41, 5.74) is 1.32. The smallest absolute Gasteiger partial charge is 0.311 e. The van der Waals surface area contributed by atoms with Gasteiger partial charge in [0.1, 0.15) is 0 Å². The average molecular weight is 486 g/mol. The van der Waals surface area contributed by atoms with Gasteiger partial charge in [0.2, 0.25) is 5.91 Å². The number of morpholine rings is 1. The number of hydrogen-bond donors (Lipinski definition) is 1. The molecule has 1 N–H and O–H groups in total. The lowest BCUT2D eigenvalue weighted by Crippen LogP contribution is -2.47. The minimum atomic E-state index is -0.859. The van der Waals surface area contributed by atoms with E-state index in [1.165, 1.54) is 29.2 Å². The Hall–Kier alpha value is -2.08. The molecule has 1 amide bonds. The minimum absolute atomic E-state index is 0.122. The normalized spacial score (nSPS) is 16.7. The van der Waals surface area contributed by atoms with E-state index in [-0.39, 0.29) is 30.2 Å². The number of nitrogens with one attached hydrogen (secondary N) is 1. The molecule has 0 spiro atoms. The SMILES string of the molecule is CCOC(=O)Cc1csc(SCC(=O)NC[C@H]2CN(Cc3ccc(F)c(F)c3)CCO2)n1. The van der Waals surface area contributed by atoms with Crippen LogP contribution in [0.1, 0.15) is 18.2 Å². The van der Waals surface area contributed by atoms with Crippen LogP contribution < -0.4 is 5.32 Å². The molecule has 11 heteroatoms. The first-order valence-corrected chi connectivity index (χ1v) is 12.1. The molecule has 174 valence electrons. The van der Waals surface area contributed by atoms with Crippen molar-refractivity contribution in [2.45, 2.75) is 30.3 Å². The van der Waals surface area contributed by atoms with Gasteiger partial charge in [0.15, 0.2) is 16.0 Å². The number of rotatable bonds is 10. The predicted octanol–water partition coefficient (Wildman–Crippen LogP) is 2.64. The van der Waals surface area contributed by atoms with Gasteiger partial charge in [-0.3, -0.25) is 14.5 Å². The number of aromatic nitrogens is 1. The molecule has 7 nitrogen and oxygen atoms in total. The van der Waals surface area contributed by atoms with E-state index < -0.39 is 11.6 Å². The molecule has 0 saturated carbocycles. The number of ether oxygens (including phenoxy) is 2. The van der Waals surface area contributed by atoms with Gasteiger partial charge in [-0.05, 0) is 24.6 Å². The third-order valence-electron chi connectivity index (χ3n) is 4.63. The van der Waals surface area contributed by atoms with Crippen molar-refractivity contribution >= 4 is 35.0 Å². The van der Waals surface area contributed by atoms with Gasteiger partial charge in [0.25, 0.3) is 0 Å². The fourth-order valence-electron chi connectivity index (χ4n) is 3.15. The summed E-state index contributed by atoms with van der Waals surface area (Å²) >= 11 is 2.69. The Morgan fingerprint density at radius 2 is 2.22 bits per heavy atom. The molecule has 1 fully saturated rings. The Bertz CT molecular complexity index is 928. The highest BCUT2D eigenvalue weighted by molar-refractivity contribution is 8.01. The lowest BCUT2D eigenvalue weighted by atomic mass is 10.1. The van der Waals surface area contributed by atoms with Crippen LogP contribution in [-0.2, 0) is 32.0 Å². The monoisotopic (exact) mass is 485 g/mol. The highest BCUT2D eigenvalue weighted by Crippen LogP contribution is 2.23. The van der Waals surface area contributed by atoms with Crippen LogP contribution in [0.3, 0.4) is 0 Å². The van der Waals surface area contributed by atoms with Gasteiger partial charge in [0.05, 0.1) is 37.2 Å². The molecule has 0 bridgehead atoms. The number of hydrogen-bond acceptors (Lipinski definition) is 8. The molecule has 0 aliphatic carbocycles. The molecular weight excluding hydrogens is 460 g/mol. The van der Waals surface area contributed by atoms with Crippen LogP contribution in [0.25, 0.3) is 0 Å². The van der Waals surface area contributed by atoms with Crippen molar-refractivity contribution < 1.29 is 27.8 Å². The van der Waals surface area contributed by atoms with E-state index in [9.17, 15) is 18.4 Å². The van der Waals surface area contributed by atoms with Gasteiger partial charge >= 0.3 is 5.97 Å². The van der Waals surface area contributed by atoms with E-state index in [1.54, 1.807) is 18.4 Å². The first-order chi connectivity index (χ1) is 15.4. The lowest BCUT2D eigenvalue weighted by Gasteiger charge is -2.33. The third kappa shape index (κ3) is 7.80. The highest BCUT2D eigenvalue weighted by Gasteiger charge is 2.21. The van der Waals surface area contributed by atoms with Gasteiger partial charge in [-0.1, -0.05) is 17.8 Å². The summed E-state index contributed by atoms with van der Waals surface area (Å²) < 4.78 is 37.8. The zero-order chi connectivity index (χ0) is 22.9. The fraction of sp³-hybridized carbons (Fsp3) is 0.476. The van der Waals surface area contributed by atoms with Crippen molar-refractivity contribution in [1.82, 2.24) is 15.2 Å². The molecule has 0 unspecified atom stereocenters. The number of halogens is 2. The Kier molecular flexibility index (Phi) is 9.39. The van der Waals surface area contributed by atoms with Crippen molar-refractivity contribution in [3.05, 3.63) is 46.5 Å². The maximum absolute atomic E-state index is 13.4. The Morgan fingerprint density at radius 1 is 1.38 bits per heavy atom. The van der Waals surface area contributed by atoms with Crippen LogP contribution in [0.15, 0.2) is 27.9 Å². The number of thioether (sulfide) groups is 1. The number of thiazole rings is 1. The molecule has 32 heavy (non-hydrogen) atoms. The van der Waals surface area contributed by atoms with Crippen LogP contribution in [0.2, 0.25) is 0 Å². The van der Waals surface area contributed by atoms with E-state index in [0.717, 1.165) is 6.07 Å². The minimum Gasteiger partial charge on any atom is -0.466 e. The standard InChI is InChI=1S/C21H25F2N3O4S2/c1-2-29-20(28)8-15-12-31-21(25-15)32-13-19(27)24-9-16-11-26(5-6-30-16)10-14-3-4-17(22)18(23)7-14/h3-4,7,12,16H,2,5-6,8-11,13H2,1H3,(H,24,27)/t16-/m0/s1. The molecule has 3 rings (SSSR count). The number of carbonyl (C=O) groups is 2. The van der Waals surface area contributed by atoms with Gasteiger partial charge in [0, 0.05) is 31.6 Å². The van der Waals surface area contributed by atoms with Crippen molar-refractivity contribution in [1.29, 1.82) is 0 Å². The molecule has 2 heterocycles. The Labute approximate surface area is 193 Å². The molecule has 2 aromatic rings. The van der Waals surface area contributed by atoms with Gasteiger partial charge < -0.3 is 14.8 Å². The molecule has 1 atom stereocenters. The molecule has 1 aliphatic heterocycles. The first-order valence-electron chi connectivity index (χ1n) is 10.2. The van der Waals surface area contributed by atoms with E-state index in [1.807, 2.05) is 0 Å². The molecule has 1 saturated heterocycles. The summed E-state index contributed by atoms with van der Waals surface area (Å²) in [6.07, 6.45) is -0.0592. The second-order valence-electron chi connectivity index (χ2n) is 7.16. The molecule has 0 radical (unpaired) electrons. The molecule has 1 aromatic carbocycles. The summed E-state index contributed by atoms with van der Waals surface area (Å²) in [6.45, 7) is 4.69. The second-order valence-corrected chi connectivity index (χ2v) is 9.24. The van der Waals surface area contributed by atoms with Crippen LogP contribution in [-0.4, -0.2) is 66.5 Å². The lowest BCUT2D eigenvalue weighted by molar-refractivity contribution is -0.142. The van der Waals surface area contributed by atoms with Gasteiger partial charge in [-0.2, -0.15) is 0 Å². The van der Waals surface area contributed by atoms with Crippen LogP contribution in [0, 0.1) is 11.6 Å². The number of esters is 1. The van der Waals surface area contributed by atoms with Gasteiger partial charge in [-0.15, -0.1) is 11.3 Å². The van der Waals surface area contributed by atoms with Crippen molar-refractivity contribution in [2.24, 2.45) is 0 Å². The van der Waals surface area contributed by atoms with E-state index in [4.69, 9.17) is 9.47 Å². The maximum Gasteiger partial charge on any atom is 0.311 e. The van der Waals surface area contributed by atoms with E-state index in [2.05, 4.69) is 15.2 Å². The van der Waals surface area contributed by atoms with E-state index >= 15 is 0 Å². The fourth-order valence-corrected chi connectivity index (χ4v) is 4.82. The summed E-state index contributed by atoms with van der Waals surface area (Å²) in [5.74, 6) is -1.97. The third-order valence-corrected chi connectivity index (χ3v) is 6.70. The zero-order valence-electron chi connectivity index (χ0n) is 17.6. The predicted molar refractivity (Wildman–Crippen MR) is 118 cm³/mol. The number of amides is 1. The van der Waals surface area contributed by atoms with Crippen LogP contribution in [0.4, 0.5) is 8.78 Å². The Balaban J connectivity index is 1.37. The maximum atomic E-state index is 13.4. The van der Waals surface area contributed by atoms with Crippen molar-refractivity contribution in [3.63, 3.8) is 0 Å². The summed E-state index contributed by atoms with van der Waals surface area (Å²) in [5, 5.41) is 4.65. The summed E-state index contributed by atoms with van der Waals surface area (Å²) in [6, 6.07) is 3.90. The average Bonchev–Trinajstić information content (AvgIpc) is 3.21. The first kappa shape index (κ1) is 24.6. The second kappa shape index (κ2) is 12.2. The molecular formula is C21H25F2N3O4S2. The quantitative estimate of drug-likeness (QED) is 0.409. The highest BCUT2D eigenvalue weighted by atomic mass is 32.2. The topological polar surface area (TPSA) is 80.8 Å². The summed E-state index contributed by atoms with van der Waals surface area (Å²) in [4.78, 5) is 30.1. The number of carbonyl (C=O) groups excluding carboxylic acids is 2. The number of nitrogens with zero attached hydrogens (tertiary/aromatic N) is 2.